The van der Waals surface area contributed by atoms with Crippen LogP contribution in [0.25, 0.3) is 0 Å². The molecule has 0 unspecified atom stereocenters. The molecule has 1 aromatic carbocycles. The zero-order chi connectivity index (χ0) is 20.0. The van der Waals surface area contributed by atoms with Crippen LogP contribution in [-0.2, 0) is 20.9 Å². The third-order valence-corrected chi connectivity index (χ3v) is 5.65. The number of carbonyl (C=O) groups is 3. The minimum atomic E-state index is -0.857. The van der Waals surface area contributed by atoms with Crippen molar-refractivity contribution in [2.24, 2.45) is 0 Å². The van der Waals surface area contributed by atoms with E-state index in [2.05, 4.69) is 5.32 Å². The Morgan fingerprint density at radius 3 is 2.46 bits per heavy atom. The summed E-state index contributed by atoms with van der Waals surface area (Å²) in [5, 5.41) is 2.90. The van der Waals surface area contributed by atoms with E-state index in [4.69, 9.17) is 4.74 Å². The molecule has 2 fully saturated rings. The summed E-state index contributed by atoms with van der Waals surface area (Å²) in [5.41, 5.74) is 0.0763. The maximum absolute atomic E-state index is 12.9. The molecule has 1 N–H and O–H groups in total. The monoisotopic (exact) mass is 387 g/mol. The highest BCUT2D eigenvalue weighted by atomic mass is 16.6. The standard InChI is InChI=1S/C21H29N3O4/c1-2-22-19(26)21(24-13-7-6-10-18(24)25)11-14-23(15-12-21)20(27)28-16-17-8-4-3-5-9-17/h3-5,8-9H,2,6-7,10-16H2,1H3,(H,22,26). The number of likely N-dealkylation sites (tertiary alicyclic amines) is 2. The maximum Gasteiger partial charge on any atom is 0.410 e. The molecule has 7 heteroatoms. The fourth-order valence-corrected chi connectivity index (χ4v) is 4.07. The first-order chi connectivity index (χ1) is 13.6. The van der Waals surface area contributed by atoms with Crippen LogP contribution in [0.3, 0.4) is 0 Å². The third kappa shape index (κ3) is 4.29. The van der Waals surface area contributed by atoms with E-state index in [0.717, 1.165) is 18.4 Å². The van der Waals surface area contributed by atoms with Gasteiger partial charge in [0.2, 0.25) is 11.8 Å². The molecule has 0 atom stereocenters. The average Bonchev–Trinajstić information content (AvgIpc) is 2.73. The van der Waals surface area contributed by atoms with Gasteiger partial charge < -0.3 is 19.9 Å². The minimum absolute atomic E-state index is 0.0395. The number of likely N-dealkylation sites (N-methyl/N-ethyl adjacent to an activating group) is 1. The van der Waals surface area contributed by atoms with Gasteiger partial charge in [-0.15, -0.1) is 0 Å². The summed E-state index contributed by atoms with van der Waals surface area (Å²) in [7, 11) is 0. The number of hydrogen-bond acceptors (Lipinski definition) is 4. The molecule has 152 valence electrons. The smallest absolute Gasteiger partial charge is 0.410 e. The second kappa shape index (κ2) is 9.08. The van der Waals surface area contributed by atoms with Gasteiger partial charge in [-0.1, -0.05) is 30.3 Å². The van der Waals surface area contributed by atoms with Crippen LogP contribution < -0.4 is 5.32 Å². The van der Waals surface area contributed by atoms with Crippen molar-refractivity contribution in [1.82, 2.24) is 15.1 Å². The van der Waals surface area contributed by atoms with Crippen molar-refractivity contribution in [3.63, 3.8) is 0 Å². The molecule has 0 spiro atoms. The molecule has 3 rings (SSSR count). The van der Waals surface area contributed by atoms with Crippen molar-refractivity contribution in [2.75, 3.05) is 26.2 Å². The molecule has 0 aromatic heterocycles. The summed E-state index contributed by atoms with van der Waals surface area (Å²) in [5.74, 6) is -0.0693. The molecule has 1 aromatic rings. The van der Waals surface area contributed by atoms with Crippen LogP contribution in [0.15, 0.2) is 30.3 Å². The Morgan fingerprint density at radius 1 is 1.11 bits per heavy atom. The lowest BCUT2D eigenvalue weighted by atomic mass is 9.83. The van der Waals surface area contributed by atoms with Gasteiger partial charge in [-0.2, -0.15) is 0 Å². The van der Waals surface area contributed by atoms with Gasteiger partial charge in [0, 0.05) is 32.6 Å². The summed E-state index contributed by atoms with van der Waals surface area (Å²) in [6, 6.07) is 9.54. The summed E-state index contributed by atoms with van der Waals surface area (Å²) in [6.45, 7) is 4.02. The molecule has 3 amide bonds. The largest absolute Gasteiger partial charge is 0.445 e. The number of nitrogens with zero attached hydrogens (tertiary/aromatic N) is 2. The van der Waals surface area contributed by atoms with E-state index in [0.29, 0.717) is 45.4 Å². The van der Waals surface area contributed by atoms with E-state index in [1.807, 2.05) is 37.3 Å². The van der Waals surface area contributed by atoms with Crippen LogP contribution in [-0.4, -0.2) is 59.4 Å². The van der Waals surface area contributed by atoms with Crippen LogP contribution >= 0.6 is 0 Å². The summed E-state index contributed by atoms with van der Waals surface area (Å²) in [4.78, 5) is 41.3. The maximum atomic E-state index is 12.9. The lowest BCUT2D eigenvalue weighted by Gasteiger charge is -2.48. The lowest BCUT2D eigenvalue weighted by Crippen LogP contribution is -2.65. The van der Waals surface area contributed by atoms with Crippen LogP contribution in [0.4, 0.5) is 4.79 Å². The molecule has 2 saturated heterocycles. The van der Waals surface area contributed by atoms with Crippen molar-refractivity contribution >= 4 is 17.9 Å². The molecule has 0 saturated carbocycles. The van der Waals surface area contributed by atoms with E-state index in [-0.39, 0.29) is 24.5 Å². The fourth-order valence-electron chi connectivity index (χ4n) is 4.07. The third-order valence-electron chi connectivity index (χ3n) is 5.65. The SMILES string of the molecule is CCNC(=O)C1(N2CCCCC2=O)CCN(C(=O)OCc2ccccc2)CC1. The predicted molar refractivity (Wildman–Crippen MR) is 104 cm³/mol. The van der Waals surface area contributed by atoms with E-state index in [9.17, 15) is 14.4 Å². The molecule has 2 aliphatic rings. The number of piperidine rings is 2. The number of nitrogens with one attached hydrogen (secondary N) is 1. The van der Waals surface area contributed by atoms with E-state index in [1.165, 1.54) is 0 Å². The summed E-state index contributed by atoms with van der Waals surface area (Å²) in [6.07, 6.45) is 2.77. The van der Waals surface area contributed by atoms with Gasteiger partial charge in [0.05, 0.1) is 0 Å². The van der Waals surface area contributed by atoms with E-state index < -0.39 is 5.54 Å². The van der Waals surface area contributed by atoms with Crippen molar-refractivity contribution in [2.45, 2.75) is 51.2 Å². The Balaban J connectivity index is 1.64. The zero-order valence-electron chi connectivity index (χ0n) is 16.5. The Kier molecular flexibility index (Phi) is 6.54. The number of rotatable bonds is 5. The molecule has 28 heavy (non-hydrogen) atoms. The quantitative estimate of drug-likeness (QED) is 0.841. The van der Waals surface area contributed by atoms with Crippen LogP contribution in [0.1, 0.15) is 44.6 Å². The van der Waals surface area contributed by atoms with Gasteiger partial charge in [-0.25, -0.2) is 4.79 Å². The molecular formula is C21H29N3O4. The highest BCUT2D eigenvalue weighted by Gasteiger charge is 2.49. The van der Waals surface area contributed by atoms with Gasteiger partial charge in [0.15, 0.2) is 0 Å². The highest BCUT2D eigenvalue weighted by molar-refractivity contribution is 5.92. The van der Waals surface area contributed by atoms with Crippen molar-refractivity contribution in [1.29, 1.82) is 0 Å². The van der Waals surface area contributed by atoms with Crippen molar-refractivity contribution in [3.05, 3.63) is 35.9 Å². The molecule has 0 aliphatic carbocycles. The van der Waals surface area contributed by atoms with Gasteiger partial charge in [0.25, 0.3) is 0 Å². The Morgan fingerprint density at radius 2 is 1.82 bits per heavy atom. The van der Waals surface area contributed by atoms with Gasteiger partial charge >= 0.3 is 6.09 Å². The van der Waals surface area contributed by atoms with E-state index >= 15 is 0 Å². The number of ether oxygens (including phenoxy) is 1. The van der Waals surface area contributed by atoms with Gasteiger partial charge in [-0.05, 0) is 38.2 Å². The van der Waals surface area contributed by atoms with Crippen LogP contribution in [0.5, 0.6) is 0 Å². The number of amides is 3. The molecule has 0 bridgehead atoms. The highest BCUT2D eigenvalue weighted by Crippen LogP contribution is 2.33. The first-order valence-electron chi connectivity index (χ1n) is 10.1. The van der Waals surface area contributed by atoms with Crippen molar-refractivity contribution in [3.8, 4) is 0 Å². The molecule has 7 nitrogen and oxygen atoms in total. The van der Waals surface area contributed by atoms with Gasteiger partial charge in [0.1, 0.15) is 12.1 Å². The zero-order valence-corrected chi connectivity index (χ0v) is 16.5. The first kappa shape index (κ1) is 20.2. The fraction of sp³-hybridized carbons (Fsp3) is 0.571. The minimum Gasteiger partial charge on any atom is -0.445 e. The molecule has 0 radical (unpaired) electrons. The summed E-state index contributed by atoms with van der Waals surface area (Å²) >= 11 is 0. The molecule has 2 heterocycles. The summed E-state index contributed by atoms with van der Waals surface area (Å²) < 4.78 is 5.42. The Labute approximate surface area is 166 Å². The number of benzene rings is 1. The Hall–Kier alpha value is -2.57. The second-order valence-electron chi connectivity index (χ2n) is 7.42. The van der Waals surface area contributed by atoms with Crippen LogP contribution in [0, 0.1) is 0 Å². The van der Waals surface area contributed by atoms with Crippen LogP contribution in [0.2, 0.25) is 0 Å². The van der Waals surface area contributed by atoms with Crippen molar-refractivity contribution < 1.29 is 19.1 Å². The first-order valence-corrected chi connectivity index (χ1v) is 10.1. The second-order valence-corrected chi connectivity index (χ2v) is 7.42. The number of carbonyl (C=O) groups excluding carboxylic acids is 3. The Bertz CT molecular complexity index is 699. The molecule has 2 aliphatic heterocycles. The average molecular weight is 387 g/mol. The lowest BCUT2D eigenvalue weighted by molar-refractivity contribution is -0.153. The normalized spacial score (nSPS) is 19.2. The van der Waals surface area contributed by atoms with Gasteiger partial charge in [-0.3, -0.25) is 9.59 Å². The number of hydrogen-bond donors (Lipinski definition) is 1. The predicted octanol–water partition coefficient (Wildman–Crippen LogP) is 2.31. The van der Waals surface area contributed by atoms with E-state index in [1.54, 1.807) is 9.80 Å². The topological polar surface area (TPSA) is 79.0 Å². The molecular weight excluding hydrogens is 358 g/mol.